The Morgan fingerprint density at radius 1 is 1.12 bits per heavy atom. The predicted octanol–water partition coefficient (Wildman–Crippen LogP) is 4.59. The number of rotatable bonds is 6. The normalized spacial score (nSPS) is 11.8. The van der Waals surface area contributed by atoms with E-state index in [1.807, 2.05) is 18.2 Å². The first-order chi connectivity index (χ1) is 12.2. The van der Waals surface area contributed by atoms with E-state index in [9.17, 15) is 9.18 Å². The number of nitrogens with one attached hydrogen (secondary N) is 1. The van der Waals surface area contributed by atoms with Crippen molar-refractivity contribution in [1.29, 1.82) is 0 Å². The van der Waals surface area contributed by atoms with E-state index in [-0.39, 0.29) is 24.1 Å². The van der Waals surface area contributed by atoms with Gasteiger partial charge in [0.2, 0.25) is 5.91 Å². The molecule has 1 atom stereocenters. The Bertz CT molecular complexity index is 828. The number of carbonyl (C=O) groups excluding carboxylic acids is 1. The van der Waals surface area contributed by atoms with Gasteiger partial charge in [0.05, 0.1) is 25.0 Å². The fourth-order valence-corrected chi connectivity index (χ4v) is 2.70. The molecule has 0 aliphatic heterocycles. The van der Waals surface area contributed by atoms with Crippen molar-refractivity contribution in [1.82, 2.24) is 0 Å². The van der Waals surface area contributed by atoms with E-state index in [0.717, 1.165) is 5.56 Å². The molecule has 1 aromatic heterocycles. The van der Waals surface area contributed by atoms with Gasteiger partial charge in [0.15, 0.2) is 0 Å². The van der Waals surface area contributed by atoms with E-state index in [2.05, 4.69) is 5.32 Å². The van der Waals surface area contributed by atoms with E-state index < -0.39 is 0 Å². The second-order valence-corrected chi connectivity index (χ2v) is 5.57. The number of anilines is 1. The third-order valence-corrected chi connectivity index (χ3v) is 3.93. The fraction of sp³-hybridized carbons (Fsp3) is 0.150. The average molecular weight is 339 g/mol. The van der Waals surface area contributed by atoms with Crippen molar-refractivity contribution in [2.24, 2.45) is 0 Å². The van der Waals surface area contributed by atoms with Crippen molar-refractivity contribution < 1.29 is 18.3 Å². The Morgan fingerprint density at radius 3 is 2.56 bits per heavy atom. The lowest BCUT2D eigenvalue weighted by Gasteiger charge is -2.16. The molecule has 0 spiro atoms. The fourth-order valence-electron chi connectivity index (χ4n) is 2.70. The van der Waals surface area contributed by atoms with Crippen LogP contribution in [0.15, 0.2) is 71.3 Å². The molecule has 0 saturated carbocycles. The lowest BCUT2D eigenvalue weighted by molar-refractivity contribution is -0.116. The molecule has 0 aliphatic rings. The molecule has 3 aromatic rings. The summed E-state index contributed by atoms with van der Waals surface area (Å²) >= 11 is 0. The van der Waals surface area contributed by atoms with Gasteiger partial charge in [0, 0.05) is 6.42 Å². The Kier molecular flexibility index (Phi) is 5.14. The van der Waals surface area contributed by atoms with E-state index >= 15 is 0 Å². The van der Waals surface area contributed by atoms with Crippen molar-refractivity contribution in [3.8, 4) is 5.75 Å². The average Bonchev–Trinajstić information content (AvgIpc) is 3.15. The van der Waals surface area contributed by atoms with Gasteiger partial charge in [-0.05, 0) is 42.0 Å². The standard InChI is InChI=1S/C20H18FNO3/c1-24-19-6-3-2-5-17(19)22-20(23)13-16(18-7-4-12-25-18)14-8-10-15(21)11-9-14/h2-12,16H,13H2,1H3,(H,22,23)/t16-/m1/s1. The summed E-state index contributed by atoms with van der Waals surface area (Å²) in [6, 6.07) is 16.9. The lowest BCUT2D eigenvalue weighted by Crippen LogP contribution is -2.16. The maximum Gasteiger partial charge on any atom is 0.225 e. The van der Waals surface area contributed by atoms with Crippen molar-refractivity contribution >= 4 is 11.6 Å². The van der Waals surface area contributed by atoms with Crippen LogP contribution in [0.1, 0.15) is 23.7 Å². The number of halogens is 1. The molecule has 0 fully saturated rings. The molecule has 1 N–H and O–H groups in total. The number of para-hydroxylation sites is 2. The van der Waals surface area contributed by atoms with Gasteiger partial charge in [-0.25, -0.2) is 4.39 Å². The van der Waals surface area contributed by atoms with Gasteiger partial charge in [-0.2, -0.15) is 0 Å². The monoisotopic (exact) mass is 339 g/mol. The highest BCUT2D eigenvalue weighted by atomic mass is 19.1. The van der Waals surface area contributed by atoms with Gasteiger partial charge >= 0.3 is 0 Å². The Hall–Kier alpha value is -3.08. The van der Waals surface area contributed by atoms with Crippen LogP contribution in [0.25, 0.3) is 0 Å². The zero-order chi connectivity index (χ0) is 17.6. The van der Waals surface area contributed by atoms with Crippen LogP contribution in [-0.2, 0) is 4.79 Å². The van der Waals surface area contributed by atoms with Gasteiger partial charge < -0.3 is 14.5 Å². The van der Waals surface area contributed by atoms with E-state index in [4.69, 9.17) is 9.15 Å². The lowest BCUT2D eigenvalue weighted by atomic mass is 9.93. The van der Waals surface area contributed by atoms with Crippen molar-refractivity contribution in [3.05, 3.63) is 84.1 Å². The second-order valence-electron chi connectivity index (χ2n) is 5.57. The highest BCUT2D eigenvalue weighted by molar-refractivity contribution is 5.93. The van der Waals surface area contributed by atoms with Crippen LogP contribution in [-0.4, -0.2) is 13.0 Å². The van der Waals surface area contributed by atoms with Crippen LogP contribution in [0.4, 0.5) is 10.1 Å². The number of furan rings is 1. The molecule has 0 radical (unpaired) electrons. The number of hydrogen-bond acceptors (Lipinski definition) is 3. The molecule has 1 amide bonds. The third-order valence-electron chi connectivity index (χ3n) is 3.93. The Balaban J connectivity index is 1.80. The summed E-state index contributed by atoms with van der Waals surface area (Å²) in [5.74, 6) is 0.440. The molecule has 5 heteroatoms. The molecule has 0 unspecified atom stereocenters. The van der Waals surface area contributed by atoms with Crippen LogP contribution in [0, 0.1) is 5.82 Å². The summed E-state index contributed by atoms with van der Waals surface area (Å²) in [4.78, 5) is 12.5. The largest absolute Gasteiger partial charge is 0.495 e. The molecular weight excluding hydrogens is 321 g/mol. The van der Waals surface area contributed by atoms with Crippen LogP contribution >= 0.6 is 0 Å². The summed E-state index contributed by atoms with van der Waals surface area (Å²) in [6.07, 6.45) is 1.72. The number of carbonyl (C=O) groups is 1. The smallest absolute Gasteiger partial charge is 0.225 e. The number of amides is 1. The van der Waals surface area contributed by atoms with Crippen LogP contribution < -0.4 is 10.1 Å². The SMILES string of the molecule is COc1ccccc1NC(=O)C[C@H](c1ccc(F)cc1)c1ccco1. The van der Waals surface area contributed by atoms with Gasteiger partial charge in [0.1, 0.15) is 17.3 Å². The minimum atomic E-state index is -0.319. The Morgan fingerprint density at radius 2 is 1.88 bits per heavy atom. The van der Waals surface area contributed by atoms with Gasteiger partial charge in [-0.3, -0.25) is 4.79 Å². The molecule has 0 aliphatic carbocycles. The molecule has 3 rings (SSSR count). The summed E-state index contributed by atoms with van der Waals surface area (Å²) in [6.45, 7) is 0. The highest BCUT2D eigenvalue weighted by Crippen LogP contribution is 2.30. The van der Waals surface area contributed by atoms with Crippen LogP contribution in [0.3, 0.4) is 0 Å². The summed E-state index contributed by atoms with van der Waals surface area (Å²) in [5, 5.41) is 2.86. The van der Waals surface area contributed by atoms with E-state index in [0.29, 0.717) is 17.2 Å². The number of hydrogen-bond donors (Lipinski definition) is 1. The molecule has 1 heterocycles. The number of benzene rings is 2. The number of ether oxygens (including phenoxy) is 1. The van der Waals surface area contributed by atoms with Gasteiger partial charge in [-0.1, -0.05) is 24.3 Å². The minimum absolute atomic E-state index is 0.164. The molecular formula is C20H18FNO3. The first-order valence-electron chi connectivity index (χ1n) is 7.89. The van der Waals surface area contributed by atoms with E-state index in [1.165, 1.54) is 12.1 Å². The van der Waals surface area contributed by atoms with Crippen molar-refractivity contribution in [3.63, 3.8) is 0 Å². The van der Waals surface area contributed by atoms with Crippen LogP contribution in [0.2, 0.25) is 0 Å². The number of methoxy groups -OCH3 is 1. The first-order valence-corrected chi connectivity index (χ1v) is 7.89. The topological polar surface area (TPSA) is 51.5 Å². The molecule has 0 bridgehead atoms. The first kappa shape index (κ1) is 16.8. The molecule has 0 saturated heterocycles. The molecule has 4 nitrogen and oxygen atoms in total. The van der Waals surface area contributed by atoms with Crippen molar-refractivity contribution in [2.75, 3.05) is 12.4 Å². The molecule has 2 aromatic carbocycles. The third kappa shape index (κ3) is 4.07. The highest BCUT2D eigenvalue weighted by Gasteiger charge is 2.21. The zero-order valence-electron chi connectivity index (χ0n) is 13.7. The Labute approximate surface area is 145 Å². The minimum Gasteiger partial charge on any atom is -0.495 e. The molecule has 128 valence electrons. The van der Waals surface area contributed by atoms with Crippen LogP contribution in [0.5, 0.6) is 5.75 Å². The van der Waals surface area contributed by atoms with Crippen molar-refractivity contribution in [2.45, 2.75) is 12.3 Å². The predicted molar refractivity (Wildman–Crippen MR) is 93.2 cm³/mol. The van der Waals surface area contributed by atoms with Gasteiger partial charge in [-0.15, -0.1) is 0 Å². The second kappa shape index (κ2) is 7.66. The quantitative estimate of drug-likeness (QED) is 0.715. The van der Waals surface area contributed by atoms with Gasteiger partial charge in [0.25, 0.3) is 0 Å². The van der Waals surface area contributed by atoms with E-state index in [1.54, 1.807) is 43.7 Å². The summed E-state index contributed by atoms with van der Waals surface area (Å²) in [5.41, 5.74) is 1.42. The summed E-state index contributed by atoms with van der Waals surface area (Å²) < 4.78 is 23.9. The zero-order valence-corrected chi connectivity index (χ0v) is 13.7. The molecule has 25 heavy (non-hydrogen) atoms. The maximum absolute atomic E-state index is 13.2. The summed E-state index contributed by atoms with van der Waals surface area (Å²) in [7, 11) is 1.55. The maximum atomic E-state index is 13.2.